The summed E-state index contributed by atoms with van der Waals surface area (Å²) < 4.78 is 135. The number of carbonyl (C=O) groups excluding carboxylic acids is 1. The van der Waals surface area contributed by atoms with E-state index in [1.807, 2.05) is 0 Å². The Kier molecular flexibility index (Phi) is 9.43. The first-order chi connectivity index (χ1) is 26.1. The summed E-state index contributed by atoms with van der Waals surface area (Å²) in [6, 6.07) is 8.71. The molecule has 1 fully saturated rings. The van der Waals surface area contributed by atoms with E-state index >= 15 is 8.78 Å². The third-order valence-corrected chi connectivity index (χ3v) is 10.1. The van der Waals surface area contributed by atoms with Crippen LogP contribution in [0.3, 0.4) is 0 Å². The van der Waals surface area contributed by atoms with Gasteiger partial charge in [0.2, 0.25) is 15.9 Å². The molecule has 1 amide bonds. The van der Waals surface area contributed by atoms with Crippen LogP contribution in [0.15, 0.2) is 53.1 Å². The number of halogens is 7. The molecule has 1 saturated carbocycles. The highest BCUT2D eigenvalue weighted by atomic mass is 32.2. The molecule has 0 aliphatic heterocycles. The highest BCUT2D eigenvalue weighted by Gasteiger charge is 2.63. The van der Waals surface area contributed by atoms with Gasteiger partial charge in [0.05, 0.1) is 23.4 Å². The number of nitrogens with zero attached hydrogens (tertiary/aromatic N) is 4. The van der Waals surface area contributed by atoms with Crippen LogP contribution in [0.5, 0.6) is 0 Å². The zero-order chi connectivity index (χ0) is 40.5. The average molecular weight is 805 g/mol. The van der Waals surface area contributed by atoms with Crippen molar-refractivity contribution in [1.29, 1.82) is 0 Å². The summed E-state index contributed by atoms with van der Waals surface area (Å²) in [5.41, 5.74) is -4.15. The molecule has 294 valence electrons. The van der Waals surface area contributed by atoms with Gasteiger partial charge in [0.25, 0.3) is 5.92 Å². The lowest BCUT2D eigenvalue weighted by Crippen LogP contribution is -2.36. The molecule has 3 aromatic heterocycles. The molecule has 0 saturated heterocycles. The fourth-order valence-corrected chi connectivity index (χ4v) is 7.69. The van der Waals surface area contributed by atoms with E-state index in [2.05, 4.69) is 37.1 Å². The van der Waals surface area contributed by atoms with Crippen molar-refractivity contribution in [2.45, 2.75) is 69.3 Å². The van der Waals surface area contributed by atoms with Gasteiger partial charge in [-0.3, -0.25) is 14.2 Å². The van der Waals surface area contributed by atoms with E-state index in [9.17, 15) is 40.3 Å². The van der Waals surface area contributed by atoms with Gasteiger partial charge in [-0.2, -0.15) is 27.1 Å². The van der Waals surface area contributed by atoms with Gasteiger partial charge in [0.15, 0.2) is 17.1 Å². The van der Waals surface area contributed by atoms with Crippen molar-refractivity contribution in [3.05, 3.63) is 94.1 Å². The molecule has 2 aliphatic carbocycles. The summed E-state index contributed by atoms with van der Waals surface area (Å²) >= 11 is 0. The van der Waals surface area contributed by atoms with E-state index in [0.717, 1.165) is 18.4 Å². The molecule has 2 aromatic carbocycles. The Morgan fingerprint density at radius 1 is 1.09 bits per heavy atom. The number of sulfonamides is 1. The normalized spacial score (nSPS) is 18.1. The number of nitrogens with one attached hydrogen (secondary N) is 2. The molecule has 3 N–H and O–H groups in total. The second-order valence-electron chi connectivity index (χ2n) is 14.3. The molecule has 5 aromatic rings. The van der Waals surface area contributed by atoms with Crippen LogP contribution in [0.25, 0.3) is 22.1 Å². The fraction of sp³-hybridized carbons (Fsp3) is 0.351. The van der Waals surface area contributed by atoms with Crippen molar-refractivity contribution < 1.29 is 53.6 Å². The minimum absolute atomic E-state index is 0.00603. The molecule has 0 bridgehead atoms. The summed E-state index contributed by atoms with van der Waals surface area (Å²) in [4.78, 5) is 18.5. The SMILES string of the molecule is CC(C)(O)C#Cc1ccc(-c2cccc3c(NS(C)(=O)=O)noc23)c(C(Cc2cc(F)cc(F)c2)NC(=O)Cn2nc(C(F)(F)F)c3c2C(F)(F)C2CCC32)n1. The van der Waals surface area contributed by atoms with Crippen LogP contribution in [0, 0.1) is 29.4 Å². The van der Waals surface area contributed by atoms with E-state index < -0.39 is 93.1 Å². The molecular formula is C37H31F7N6O5S. The number of aliphatic hydroxyl groups is 1. The van der Waals surface area contributed by atoms with E-state index in [1.165, 1.54) is 38.1 Å². The van der Waals surface area contributed by atoms with Crippen LogP contribution in [0.1, 0.15) is 72.6 Å². The number of amides is 1. The molecule has 11 nitrogen and oxygen atoms in total. The van der Waals surface area contributed by atoms with Crippen LogP contribution in [0.4, 0.5) is 36.6 Å². The Morgan fingerprint density at radius 2 is 1.80 bits per heavy atom. The predicted molar refractivity (Wildman–Crippen MR) is 186 cm³/mol. The lowest BCUT2D eigenvalue weighted by Gasteiger charge is -2.34. The molecule has 0 radical (unpaired) electrons. The minimum atomic E-state index is -5.09. The van der Waals surface area contributed by atoms with Crippen LogP contribution >= 0.6 is 0 Å². The van der Waals surface area contributed by atoms with Gasteiger partial charge in [0.1, 0.15) is 35.2 Å². The van der Waals surface area contributed by atoms with Gasteiger partial charge in [-0.15, -0.1) is 0 Å². The van der Waals surface area contributed by atoms with Crippen molar-refractivity contribution in [3.63, 3.8) is 0 Å². The van der Waals surface area contributed by atoms with Crippen molar-refractivity contribution in [2.24, 2.45) is 5.92 Å². The van der Waals surface area contributed by atoms with Gasteiger partial charge in [-0.1, -0.05) is 23.2 Å². The zero-order valence-electron chi connectivity index (χ0n) is 29.6. The number of anilines is 1. The van der Waals surface area contributed by atoms with E-state index in [-0.39, 0.29) is 57.7 Å². The van der Waals surface area contributed by atoms with Crippen LogP contribution in [-0.4, -0.2) is 51.2 Å². The molecule has 2 aliphatic rings. The second-order valence-corrected chi connectivity index (χ2v) is 16.1. The molecular weight excluding hydrogens is 773 g/mol. The lowest BCUT2D eigenvalue weighted by atomic mass is 9.73. The summed E-state index contributed by atoms with van der Waals surface area (Å²) in [7, 11) is -3.81. The third-order valence-electron chi connectivity index (χ3n) is 9.50. The zero-order valence-corrected chi connectivity index (χ0v) is 30.4. The van der Waals surface area contributed by atoms with Crippen molar-refractivity contribution in [1.82, 2.24) is 25.2 Å². The molecule has 3 heterocycles. The quantitative estimate of drug-likeness (QED) is 0.112. The van der Waals surface area contributed by atoms with Gasteiger partial charge in [0, 0.05) is 28.7 Å². The number of para-hydroxylation sites is 1. The first kappa shape index (κ1) is 38.8. The van der Waals surface area contributed by atoms with Crippen LogP contribution in [0.2, 0.25) is 0 Å². The van der Waals surface area contributed by atoms with Crippen LogP contribution < -0.4 is 10.0 Å². The third kappa shape index (κ3) is 7.54. The molecule has 7 rings (SSSR count). The first-order valence-corrected chi connectivity index (χ1v) is 18.9. The van der Waals surface area contributed by atoms with Gasteiger partial charge in [-0.05, 0) is 80.8 Å². The summed E-state index contributed by atoms with van der Waals surface area (Å²) in [6.45, 7) is 1.73. The maximum atomic E-state index is 15.6. The standard InChI is InChI=1S/C37H31F7N6O5S/c1-35(2,52)12-11-21-7-8-22(23-5-4-6-25-31(23)55-48-34(25)49-56(3,53)54)30(45-21)27(15-18-13-19(38)16-20(39)14-18)46-28(51)17-50-33-29(32(47-50)37(42,43)44)24-9-10-26(24)36(33,40)41/h4-8,13-14,16,24,26-27,52H,9-10,15,17H2,1-3H3,(H,46,51)(H,48,49). The Labute approximate surface area is 314 Å². The Bertz CT molecular complexity index is 2550. The van der Waals surface area contributed by atoms with Crippen molar-refractivity contribution in [2.75, 3.05) is 11.0 Å². The van der Waals surface area contributed by atoms with Gasteiger partial charge in [-0.25, -0.2) is 22.2 Å². The lowest BCUT2D eigenvalue weighted by molar-refractivity contribution is -0.144. The number of rotatable bonds is 9. The van der Waals surface area contributed by atoms with E-state index in [1.54, 1.807) is 6.07 Å². The number of alkyl halides is 5. The number of pyridine rings is 1. The average Bonchev–Trinajstić information content (AvgIpc) is 3.66. The van der Waals surface area contributed by atoms with E-state index in [4.69, 9.17) is 4.52 Å². The number of benzene rings is 2. The molecule has 3 atom stereocenters. The molecule has 19 heteroatoms. The smallest absolute Gasteiger partial charge is 0.378 e. The topological polar surface area (TPSA) is 152 Å². The summed E-state index contributed by atoms with van der Waals surface area (Å²) in [5.74, 6) is -4.01. The highest BCUT2D eigenvalue weighted by molar-refractivity contribution is 7.92. The maximum absolute atomic E-state index is 15.6. The number of aromatic nitrogens is 4. The Balaban J connectivity index is 1.36. The number of hydrogen-bond acceptors (Lipinski definition) is 8. The number of fused-ring (bicyclic) bond motifs is 4. The molecule has 0 spiro atoms. The first-order valence-electron chi connectivity index (χ1n) is 17.0. The predicted octanol–water partition coefficient (Wildman–Crippen LogP) is 6.58. The van der Waals surface area contributed by atoms with Gasteiger partial charge >= 0.3 is 6.18 Å². The largest absolute Gasteiger partial charge is 0.435 e. The molecule has 3 unspecified atom stereocenters. The summed E-state index contributed by atoms with van der Waals surface area (Å²) in [6.07, 6.45) is -4.49. The fourth-order valence-electron chi connectivity index (χ4n) is 7.19. The minimum Gasteiger partial charge on any atom is -0.378 e. The number of carbonyl (C=O) groups is 1. The van der Waals surface area contributed by atoms with E-state index in [0.29, 0.717) is 10.7 Å². The maximum Gasteiger partial charge on any atom is 0.435 e. The van der Waals surface area contributed by atoms with Crippen LogP contribution in [-0.2, 0) is 39.9 Å². The Hall–Kier alpha value is -5.48. The second kappa shape index (κ2) is 13.6. The van der Waals surface area contributed by atoms with Crippen molar-refractivity contribution >= 4 is 32.7 Å². The number of hydrogen-bond donors (Lipinski definition) is 3. The van der Waals surface area contributed by atoms with Gasteiger partial charge < -0.3 is 14.9 Å². The molecule has 56 heavy (non-hydrogen) atoms. The Morgan fingerprint density at radius 3 is 2.43 bits per heavy atom. The monoisotopic (exact) mass is 804 g/mol. The highest BCUT2D eigenvalue weighted by Crippen LogP contribution is 2.64. The summed E-state index contributed by atoms with van der Waals surface area (Å²) in [5, 5.41) is 20.4. The van der Waals surface area contributed by atoms with Crippen molar-refractivity contribution in [3.8, 4) is 23.0 Å².